The van der Waals surface area contributed by atoms with Crippen molar-refractivity contribution in [3.63, 3.8) is 0 Å². The zero-order chi connectivity index (χ0) is 26.0. The fraction of sp³-hybridized carbons (Fsp3) is 0.115. The standard InChI is InChI=1S/C26H20Cl2N2O5S/c1-15-4-3-5-18(10-15)30(35-2)24(32)19-11-16(7-9-22(19)31)13-23-25(33)29(26(34)36-23)14-17-6-8-20(27)21(28)12-17/h3-13,31H,14H2,1-2H3. The van der Waals surface area contributed by atoms with Gasteiger partial charge in [-0.1, -0.05) is 47.5 Å². The summed E-state index contributed by atoms with van der Waals surface area (Å²) in [5, 5.41) is 11.7. The summed E-state index contributed by atoms with van der Waals surface area (Å²) in [6, 6.07) is 16.4. The van der Waals surface area contributed by atoms with Crippen LogP contribution in [0.3, 0.4) is 0 Å². The van der Waals surface area contributed by atoms with E-state index in [2.05, 4.69) is 0 Å². The van der Waals surface area contributed by atoms with Crippen molar-refractivity contribution in [2.24, 2.45) is 0 Å². The number of hydroxylamine groups is 1. The molecule has 1 fully saturated rings. The van der Waals surface area contributed by atoms with Crippen molar-refractivity contribution in [1.82, 2.24) is 4.90 Å². The van der Waals surface area contributed by atoms with Crippen molar-refractivity contribution < 1.29 is 24.3 Å². The lowest BCUT2D eigenvalue weighted by atomic mass is 10.1. The molecule has 7 nitrogen and oxygen atoms in total. The third kappa shape index (κ3) is 5.42. The maximum atomic E-state index is 13.2. The molecule has 10 heteroatoms. The number of hydrogen-bond donors (Lipinski definition) is 1. The normalized spacial score (nSPS) is 14.6. The number of imide groups is 1. The van der Waals surface area contributed by atoms with Crippen LogP contribution in [0.5, 0.6) is 5.75 Å². The molecule has 0 aromatic heterocycles. The van der Waals surface area contributed by atoms with Crippen LogP contribution in [0.15, 0.2) is 65.6 Å². The number of nitrogens with zero attached hydrogens (tertiary/aromatic N) is 2. The predicted octanol–water partition coefficient (Wildman–Crippen LogP) is 6.45. The third-order valence-electron chi connectivity index (χ3n) is 5.35. The molecule has 184 valence electrons. The van der Waals surface area contributed by atoms with Gasteiger partial charge in [0.05, 0.1) is 39.9 Å². The number of thioether (sulfide) groups is 1. The van der Waals surface area contributed by atoms with Gasteiger partial charge in [-0.3, -0.25) is 24.1 Å². The number of rotatable bonds is 6. The molecule has 0 aliphatic carbocycles. The van der Waals surface area contributed by atoms with Gasteiger partial charge in [0.25, 0.3) is 17.1 Å². The van der Waals surface area contributed by atoms with E-state index in [0.717, 1.165) is 27.3 Å². The molecule has 1 aliphatic heterocycles. The minimum Gasteiger partial charge on any atom is -0.507 e. The lowest BCUT2D eigenvalue weighted by Crippen LogP contribution is -2.30. The van der Waals surface area contributed by atoms with Crippen LogP contribution in [0.1, 0.15) is 27.0 Å². The molecule has 1 aliphatic rings. The van der Waals surface area contributed by atoms with Crippen LogP contribution in [-0.2, 0) is 16.2 Å². The number of phenolic OH excluding ortho intramolecular Hbond substituents is 1. The Hall–Kier alpha value is -3.30. The maximum absolute atomic E-state index is 13.2. The van der Waals surface area contributed by atoms with E-state index in [1.54, 1.807) is 42.5 Å². The summed E-state index contributed by atoms with van der Waals surface area (Å²) in [6.07, 6.45) is 1.50. The zero-order valence-electron chi connectivity index (χ0n) is 19.2. The summed E-state index contributed by atoms with van der Waals surface area (Å²) in [5.41, 5.74) is 2.51. The van der Waals surface area contributed by atoms with Gasteiger partial charge in [0, 0.05) is 0 Å². The van der Waals surface area contributed by atoms with Crippen molar-refractivity contribution in [2.45, 2.75) is 13.5 Å². The molecule has 1 heterocycles. The van der Waals surface area contributed by atoms with Gasteiger partial charge in [0.1, 0.15) is 5.75 Å². The van der Waals surface area contributed by atoms with E-state index < -0.39 is 17.1 Å². The SMILES string of the molecule is CON(C(=O)c1cc(C=C2SC(=O)N(Cc3ccc(Cl)c(Cl)c3)C2=O)ccc1O)c1cccc(C)c1. The van der Waals surface area contributed by atoms with E-state index in [9.17, 15) is 19.5 Å². The summed E-state index contributed by atoms with van der Waals surface area (Å²) in [7, 11) is 1.35. The molecule has 36 heavy (non-hydrogen) atoms. The summed E-state index contributed by atoms with van der Waals surface area (Å²) >= 11 is 12.8. The number of halogens is 2. The number of aromatic hydroxyl groups is 1. The van der Waals surface area contributed by atoms with Crippen molar-refractivity contribution in [2.75, 3.05) is 12.2 Å². The summed E-state index contributed by atoms with van der Waals surface area (Å²) in [6.45, 7) is 1.92. The first-order valence-corrected chi connectivity index (χ1v) is 12.2. The van der Waals surface area contributed by atoms with Gasteiger partial charge in [0.15, 0.2) is 0 Å². The summed E-state index contributed by atoms with van der Waals surface area (Å²) < 4.78 is 0. The first-order chi connectivity index (χ1) is 17.2. The lowest BCUT2D eigenvalue weighted by molar-refractivity contribution is -0.123. The summed E-state index contributed by atoms with van der Waals surface area (Å²) in [5.74, 6) is -1.32. The fourth-order valence-corrected chi connectivity index (χ4v) is 4.75. The number of benzene rings is 3. The second kappa shape index (κ2) is 10.8. The molecular weight excluding hydrogens is 523 g/mol. The van der Waals surface area contributed by atoms with E-state index in [1.807, 2.05) is 13.0 Å². The van der Waals surface area contributed by atoms with Crippen molar-refractivity contribution in [1.29, 1.82) is 0 Å². The molecule has 1 N–H and O–H groups in total. The van der Waals surface area contributed by atoms with Gasteiger partial charge in [-0.2, -0.15) is 5.06 Å². The van der Waals surface area contributed by atoms with Crippen molar-refractivity contribution in [3.8, 4) is 5.75 Å². The Balaban J connectivity index is 1.59. The average molecular weight is 543 g/mol. The van der Waals surface area contributed by atoms with Gasteiger partial charge >= 0.3 is 0 Å². The molecule has 1 saturated heterocycles. The highest BCUT2D eigenvalue weighted by Gasteiger charge is 2.35. The van der Waals surface area contributed by atoms with Gasteiger partial charge in [-0.25, -0.2) is 0 Å². The smallest absolute Gasteiger partial charge is 0.293 e. The molecular formula is C26H20Cl2N2O5S. The second-order valence-electron chi connectivity index (χ2n) is 7.91. The number of anilines is 1. The van der Waals surface area contributed by atoms with Crippen molar-refractivity contribution in [3.05, 3.63) is 97.9 Å². The molecule has 0 unspecified atom stereocenters. The number of carbonyl (C=O) groups excluding carboxylic acids is 3. The van der Waals surface area contributed by atoms with E-state index >= 15 is 0 Å². The van der Waals surface area contributed by atoms with Crippen LogP contribution in [0, 0.1) is 6.92 Å². The molecule has 0 radical (unpaired) electrons. The molecule has 3 aromatic carbocycles. The zero-order valence-corrected chi connectivity index (χ0v) is 21.5. The Morgan fingerprint density at radius 3 is 2.56 bits per heavy atom. The quantitative estimate of drug-likeness (QED) is 0.284. The second-order valence-corrected chi connectivity index (χ2v) is 9.72. The van der Waals surface area contributed by atoms with Gasteiger partial charge in [0.2, 0.25) is 0 Å². The van der Waals surface area contributed by atoms with Gasteiger partial charge < -0.3 is 5.11 Å². The van der Waals surface area contributed by atoms with Crippen LogP contribution >= 0.6 is 35.0 Å². The first kappa shape index (κ1) is 25.8. The van der Waals surface area contributed by atoms with Gasteiger partial charge in [-0.05, 0) is 77.9 Å². The van der Waals surface area contributed by atoms with Crippen LogP contribution < -0.4 is 5.06 Å². The van der Waals surface area contributed by atoms with Crippen LogP contribution in [-0.4, -0.2) is 34.2 Å². The maximum Gasteiger partial charge on any atom is 0.293 e. The van der Waals surface area contributed by atoms with E-state index in [0.29, 0.717) is 26.9 Å². The molecule has 0 bridgehead atoms. The number of hydrogen-bond acceptors (Lipinski definition) is 6. The van der Waals surface area contributed by atoms with E-state index in [-0.39, 0.29) is 22.8 Å². The minimum atomic E-state index is -0.594. The molecule has 0 saturated carbocycles. The topological polar surface area (TPSA) is 87.2 Å². The molecule has 4 rings (SSSR count). The van der Waals surface area contributed by atoms with E-state index in [1.165, 1.54) is 25.3 Å². The minimum absolute atomic E-state index is 0.0258. The molecule has 3 amide bonds. The first-order valence-electron chi connectivity index (χ1n) is 10.7. The lowest BCUT2D eigenvalue weighted by Gasteiger charge is -2.20. The van der Waals surface area contributed by atoms with Crippen LogP contribution in [0.25, 0.3) is 6.08 Å². The number of carbonyl (C=O) groups is 3. The Kier molecular flexibility index (Phi) is 7.70. The molecule has 3 aromatic rings. The fourth-order valence-electron chi connectivity index (χ4n) is 3.59. The Labute approximate surface area is 221 Å². The number of phenols is 1. The highest BCUT2D eigenvalue weighted by Crippen LogP contribution is 2.35. The molecule has 0 atom stereocenters. The third-order valence-corrected chi connectivity index (χ3v) is 7.00. The monoisotopic (exact) mass is 542 g/mol. The Morgan fingerprint density at radius 1 is 1.08 bits per heavy atom. The average Bonchev–Trinajstić information content (AvgIpc) is 3.10. The van der Waals surface area contributed by atoms with E-state index in [4.69, 9.17) is 28.0 Å². The highest BCUT2D eigenvalue weighted by atomic mass is 35.5. The number of amides is 3. The highest BCUT2D eigenvalue weighted by molar-refractivity contribution is 8.18. The van der Waals surface area contributed by atoms with Crippen LogP contribution in [0.4, 0.5) is 10.5 Å². The Morgan fingerprint density at radius 2 is 1.86 bits per heavy atom. The Bertz CT molecular complexity index is 1410. The van der Waals surface area contributed by atoms with Gasteiger partial charge in [-0.15, -0.1) is 0 Å². The predicted molar refractivity (Wildman–Crippen MR) is 141 cm³/mol. The van der Waals surface area contributed by atoms with Crippen LogP contribution in [0.2, 0.25) is 10.0 Å². The largest absolute Gasteiger partial charge is 0.507 e. The molecule has 0 spiro atoms. The summed E-state index contributed by atoms with van der Waals surface area (Å²) in [4.78, 5) is 45.2. The van der Waals surface area contributed by atoms with Crippen molar-refractivity contribution >= 4 is 63.8 Å². The number of aryl methyl sites for hydroxylation is 1.